The second kappa shape index (κ2) is 6.46. The third-order valence-corrected chi connectivity index (χ3v) is 7.96. The highest BCUT2D eigenvalue weighted by Crippen LogP contribution is 2.43. The molecule has 0 radical (unpaired) electrons. The van der Waals surface area contributed by atoms with Gasteiger partial charge in [0.1, 0.15) is 0 Å². The molecule has 3 aromatic rings. The Hall–Kier alpha value is -2.65. The number of nitrogens with one attached hydrogen (secondary N) is 1. The lowest BCUT2D eigenvalue weighted by Gasteiger charge is -2.26. The summed E-state index contributed by atoms with van der Waals surface area (Å²) in [6, 6.07) is 5.32. The summed E-state index contributed by atoms with van der Waals surface area (Å²) in [6.07, 6.45) is -0.0287. The molecule has 0 saturated carbocycles. The molecule has 2 aliphatic rings. The van der Waals surface area contributed by atoms with Crippen molar-refractivity contribution in [2.75, 3.05) is 19.5 Å². The second-order valence-electron chi connectivity index (χ2n) is 6.56. The van der Waals surface area contributed by atoms with E-state index in [2.05, 4.69) is 10.3 Å². The molecule has 0 aliphatic carbocycles. The fourth-order valence-corrected chi connectivity index (χ4v) is 6.56. The predicted octanol–water partition coefficient (Wildman–Crippen LogP) is 3.26. The maximum absolute atomic E-state index is 12.5. The summed E-state index contributed by atoms with van der Waals surface area (Å²) in [5.74, 6) is 0.823. The Labute approximate surface area is 166 Å². The van der Waals surface area contributed by atoms with Gasteiger partial charge in [-0.15, -0.1) is 0 Å². The van der Waals surface area contributed by atoms with Crippen molar-refractivity contribution in [2.45, 2.75) is 30.1 Å². The minimum absolute atomic E-state index is 0.0287. The minimum Gasteiger partial charge on any atom is -0.493 e. The molecule has 0 spiro atoms. The first-order valence-electron chi connectivity index (χ1n) is 8.47. The van der Waals surface area contributed by atoms with Gasteiger partial charge in [-0.3, -0.25) is 4.79 Å². The zero-order valence-electron chi connectivity index (χ0n) is 15.7. The molecule has 5 rings (SSSR count). The number of hydrogen-bond donors (Lipinski definition) is 1. The highest BCUT2D eigenvalue weighted by Gasteiger charge is 2.38. The summed E-state index contributed by atoms with van der Waals surface area (Å²) in [7, 11) is -0.297. The van der Waals surface area contributed by atoms with E-state index in [1.54, 1.807) is 46.3 Å². The van der Waals surface area contributed by atoms with E-state index in [1.807, 2.05) is 0 Å². The normalized spacial score (nSPS) is 13.9. The van der Waals surface area contributed by atoms with Crippen molar-refractivity contribution in [3.8, 4) is 11.5 Å². The van der Waals surface area contributed by atoms with Crippen molar-refractivity contribution in [1.29, 1.82) is 0 Å². The topological polar surface area (TPSA) is 94.6 Å². The number of sulfone groups is 1. The van der Waals surface area contributed by atoms with Gasteiger partial charge in [0, 0.05) is 12.1 Å². The number of anilines is 1. The number of rotatable bonds is 5. The fourth-order valence-electron chi connectivity index (χ4n) is 3.65. The average molecular weight is 418 g/mol. The Kier molecular flexibility index (Phi) is 4.31. The Morgan fingerprint density at radius 2 is 1.79 bits per heavy atom. The number of aromatic nitrogens is 1. The van der Waals surface area contributed by atoms with E-state index in [1.165, 1.54) is 11.3 Å². The zero-order valence-corrected chi connectivity index (χ0v) is 17.4. The first-order valence-corrected chi connectivity index (χ1v) is 10.8. The van der Waals surface area contributed by atoms with Crippen LogP contribution < -0.4 is 14.8 Å². The number of hydrogen-bond acceptors (Lipinski definition) is 7. The highest BCUT2D eigenvalue weighted by molar-refractivity contribution is 7.93. The lowest BCUT2D eigenvalue weighted by atomic mass is 10.0. The Balaban J connectivity index is 1.59. The summed E-state index contributed by atoms with van der Waals surface area (Å²) < 4.78 is 36.0. The maximum Gasteiger partial charge on any atom is 0.230 e. The third-order valence-electron chi connectivity index (χ3n) is 4.75. The number of fused-ring (bicyclic) bond motifs is 3. The van der Waals surface area contributed by atoms with Crippen molar-refractivity contribution in [3.05, 3.63) is 34.9 Å². The summed E-state index contributed by atoms with van der Waals surface area (Å²) in [4.78, 5) is 17.6. The number of carbonyl (C=O) groups excluding carboxylic acids is 1. The molecule has 146 valence electrons. The van der Waals surface area contributed by atoms with Crippen LogP contribution in [0.1, 0.15) is 16.7 Å². The lowest BCUT2D eigenvalue weighted by molar-refractivity contribution is -0.115. The molecule has 0 fully saturated rings. The third kappa shape index (κ3) is 2.73. The maximum atomic E-state index is 12.5. The molecule has 1 N–H and O–H groups in total. The van der Waals surface area contributed by atoms with Gasteiger partial charge < -0.3 is 14.8 Å². The van der Waals surface area contributed by atoms with Crippen LogP contribution in [0.3, 0.4) is 0 Å². The van der Waals surface area contributed by atoms with E-state index in [4.69, 9.17) is 9.47 Å². The Morgan fingerprint density at radius 1 is 1.11 bits per heavy atom. The molecule has 28 heavy (non-hydrogen) atoms. The highest BCUT2D eigenvalue weighted by atomic mass is 32.2. The molecule has 9 heteroatoms. The van der Waals surface area contributed by atoms with Crippen LogP contribution in [0.4, 0.5) is 5.13 Å². The van der Waals surface area contributed by atoms with E-state index in [9.17, 15) is 13.2 Å². The van der Waals surface area contributed by atoms with Gasteiger partial charge >= 0.3 is 0 Å². The molecule has 2 aromatic carbocycles. The standard InChI is InChI=1S/C19H18N2O5S2/c1-9-5-11(18-10(2)17(9)28(18,23)24)6-16(22)21-19-20-12-7-13(25-3)14(26-4)8-15(12)27-19/h5,7-8H,6H2,1-4H3,(H,20,21,22). The average Bonchev–Trinajstić information content (AvgIpc) is 2.99. The van der Waals surface area contributed by atoms with Crippen LogP contribution in [-0.2, 0) is 21.1 Å². The van der Waals surface area contributed by atoms with Gasteiger partial charge in [-0.1, -0.05) is 17.4 Å². The van der Waals surface area contributed by atoms with E-state index in [-0.39, 0.29) is 17.2 Å². The second-order valence-corrected chi connectivity index (χ2v) is 9.41. The molecule has 7 nitrogen and oxygen atoms in total. The van der Waals surface area contributed by atoms with E-state index >= 15 is 0 Å². The van der Waals surface area contributed by atoms with Gasteiger partial charge in [-0.05, 0) is 30.5 Å². The van der Waals surface area contributed by atoms with Crippen LogP contribution in [0.25, 0.3) is 10.2 Å². The van der Waals surface area contributed by atoms with Crippen molar-refractivity contribution in [3.63, 3.8) is 0 Å². The number of carbonyl (C=O) groups is 1. The summed E-state index contributed by atoms with van der Waals surface area (Å²) in [5, 5.41) is 3.19. The molecular weight excluding hydrogens is 400 g/mol. The Morgan fingerprint density at radius 3 is 2.39 bits per heavy atom. The zero-order chi connectivity index (χ0) is 20.2. The number of benzene rings is 2. The van der Waals surface area contributed by atoms with E-state index in [0.717, 1.165) is 10.3 Å². The largest absolute Gasteiger partial charge is 0.493 e. The number of thiazole rings is 1. The van der Waals surface area contributed by atoms with Crippen molar-refractivity contribution < 1.29 is 22.7 Å². The fraction of sp³-hybridized carbons (Fsp3) is 0.263. The monoisotopic (exact) mass is 418 g/mol. The first-order chi connectivity index (χ1) is 13.3. The van der Waals surface area contributed by atoms with Crippen LogP contribution in [0, 0.1) is 13.8 Å². The number of amides is 1. The van der Waals surface area contributed by atoms with Crippen molar-refractivity contribution >= 4 is 42.4 Å². The quantitative estimate of drug-likeness (QED) is 0.535. The summed E-state index contributed by atoms with van der Waals surface area (Å²) in [6.45, 7) is 3.52. The molecule has 2 aliphatic heterocycles. The van der Waals surface area contributed by atoms with Gasteiger partial charge in [-0.25, -0.2) is 13.4 Å². The molecule has 2 bridgehead atoms. The van der Waals surface area contributed by atoms with E-state index < -0.39 is 9.84 Å². The minimum atomic E-state index is -3.40. The smallest absolute Gasteiger partial charge is 0.230 e. The number of aryl methyl sites for hydroxylation is 2. The van der Waals surface area contributed by atoms with Gasteiger partial charge in [0.25, 0.3) is 0 Å². The number of nitrogens with zero attached hydrogens (tertiary/aromatic N) is 1. The molecule has 1 amide bonds. The van der Waals surface area contributed by atoms with Gasteiger partial charge in [-0.2, -0.15) is 0 Å². The Bertz CT molecular complexity index is 1200. The molecule has 1 aromatic heterocycles. The molecule has 0 unspecified atom stereocenters. The SMILES string of the molecule is COc1cc2nc(NC(=O)Cc3cc(C)c4c(C)c3S4(=O)=O)sc2cc1OC. The van der Waals surface area contributed by atoms with E-state index in [0.29, 0.717) is 38.2 Å². The van der Waals surface area contributed by atoms with Crippen LogP contribution in [0.15, 0.2) is 28.0 Å². The predicted molar refractivity (Wildman–Crippen MR) is 106 cm³/mol. The number of ether oxygens (including phenoxy) is 2. The van der Waals surface area contributed by atoms with Crippen LogP contribution in [0.5, 0.6) is 11.5 Å². The van der Waals surface area contributed by atoms with Gasteiger partial charge in [0.2, 0.25) is 15.7 Å². The van der Waals surface area contributed by atoms with Crippen LogP contribution >= 0.6 is 11.3 Å². The van der Waals surface area contributed by atoms with Crippen LogP contribution in [-0.4, -0.2) is 33.5 Å². The lowest BCUT2D eigenvalue weighted by Crippen LogP contribution is -2.24. The van der Waals surface area contributed by atoms with Crippen molar-refractivity contribution in [1.82, 2.24) is 4.98 Å². The summed E-state index contributed by atoms with van der Waals surface area (Å²) >= 11 is 1.31. The molecule has 3 heterocycles. The van der Waals surface area contributed by atoms with Gasteiger partial charge in [0.05, 0.1) is 40.6 Å². The number of methoxy groups -OCH3 is 2. The molecule has 0 atom stereocenters. The molecular formula is C19H18N2O5S2. The first kappa shape index (κ1) is 18.7. The summed E-state index contributed by atoms with van der Waals surface area (Å²) in [5.41, 5.74) is 2.61. The molecule has 0 saturated heterocycles. The van der Waals surface area contributed by atoms with Gasteiger partial charge in [0.15, 0.2) is 16.6 Å². The van der Waals surface area contributed by atoms with Crippen molar-refractivity contribution in [2.24, 2.45) is 0 Å². The van der Waals surface area contributed by atoms with Crippen LogP contribution in [0.2, 0.25) is 0 Å².